The van der Waals surface area contributed by atoms with Crippen LogP contribution < -0.4 is 5.73 Å². The van der Waals surface area contributed by atoms with Crippen LogP contribution in [0.25, 0.3) is 5.69 Å². The van der Waals surface area contributed by atoms with E-state index >= 15 is 0 Å². The van der Waals surface area contributed by atoms with E-state index in [2.05, 4.69) is 11.2 Å². The van der Waals surface area contributed by atoms with E-state index in [4.69, 9.17) is 11.0 Å². The number of rotatable bonds is 1. The molecule has 4 heteroatoms. The van der Waals surface area contributed by atoms with E-state index in [0.29, 0.717) is 11.4 Å². The number of nitrogen functional groups attached to an aromatic ring is 1. The first-order chi connectivity index (χ1) is 6.81. The van der Waals surface area contributed by atoms with Gasteiger partial charge in [-0.05, 0) is 24.3 Å². The Morgan fingerprint density at radius 1 is 1.21 bits per heavy atom. The molecule has 0 saturated heterocycles. The number of anilines is 1. The molecule has 2 N–H and O–H groups in total. The largest absolute Gasteiger partial charge is 0.384 e. The monoisotopic (exact) mass is 184 g/mol. The summed E-state index contributed by atoms with van der Waals surface area (Å²) in [6.45, 7) is 0. The van der Waals surface area contributed by atoms with Gasteiger partial charge >= 0.3 is 0 Å². The molecule has 68 valence electrons. The van der Waals surface area contributed by atoms with Gasteiger partial charge in [-0.3, -0.25) is 0 Å². The minimum Gasteiger partial charge on any atom is -0.384 e. The van der Waals surface area contributed by atoms with Crippen molar-refractivity contribution in [3.63, 3.8) is 0 Å². The third-order valence-corrected chi connectivity index (χ3v) is 1.91. The lowest BCUT2D eigenvalue weighted by Crippen LogP contribution is -2.00. The minimum atomic E-state index is 0.578. The van der Waals surface area contributed by atoms with Crippen LogP contribution in [0.5, 0.6) is 0 Å². The first-order valence-electron chi connectivity index (χ1n) is 4.11. The fraction of sp³-hybridized carbons (Fsp3) is 0. The van der Waals surface area contributed by atoms with Gasteiger partial charge in [-0.25, -0.2) is 4.68 Å². The van der Waals surface area contributed by atoms with Gasteiger partial charge in [0.05, 0.1) is 23.5 Å². The summed E-state index contributed by atoms with van der Waals surface area (Å²) in [4.78, 5) is 0. The summed E-state index contributed by atoms with van der Waals surface area (Å²) in [6, 6.07) is 10.9. The van der Waals surface area contributed by atoms with Gasteiger partial charge < -0.3 is 5.73 Å². The molecular formula is C10H8N4. The summed E-state index contributed by atoms with van der Waals surface area (Å²) in [6.07, 6.45) is 1.63. The van der Waals surface area contributed by atoms with Crippen molar-refractivity contribution >= 4 is 5.82 Å². The molecule has 0 radical (unpaired) electrons. The molecule has 2 rings (SSSR count). The van der Waals surface area contributed by atoms with Gasteiger partial charge in [0.1, 0.15) is 5.82 Å². The summed E-state index contributed by atoms with van der Waals surface area (Å²) in [5, 5.41) is 12.7. The van der Waals surface area contributed by atoms with Crippen molar-refractivity contribution in [3.8, 4) is 11.8 Å². The second kappa shape index (κ2) is 3.23. The Kier molecular flexibility index (Phi) is 1.92. The SMILES string of the molecule is N#Cc1ccc(-n2nccc2N)cc1. The summed E-state index contributed by atoms with van der Waals surface area (Å²) in [5.41, 5.74) is 7.16. The predicted molar refractivity (Wildman–Crippen MR) is 52.7 cm³/mol. The highest BCUT2D eigenvalue weighted by Gasteiger charge is 2.00. The Labute approximate surface area is 81.2 Å². The Morgan fingerprint density at radius 3 is 2.43 bits per heavy atom. The lowest BCUT2D eigenvalue weighted by molar-refractivity contribution is 0.891. The molecule has 0 aliphatic carbocycles. The fourth-order valence-electron chi connectivity index (χ4n) is 1.21. The standard InChI is InChI=1S/C10H8N4/c11-7-8-1-3-9(4-2-8)14-10(12)5-6-13-14/h1-6H,12H2. The van der Waals surface area contributed by atoms with Gasteiger partial charge in [-0.1, -0.05) is 0 Å². The lowest BCUT2D eigenvalue weighted by Gasteiger charge is -2.02. The van der Waals surface area contributed by atoms with Crippen LogP contribution in [0.3, 0.4) is 0 Å². The van der Waals surface area contributed by atoms with Crippen molar-refractivity contribution in [2.75, 3.05) is 5.73 Å². The van der Waals surface area contributed by atoms with E-state index in [1.165, 1.54) is 0 Å². The molecule has 0 amide bonds. The maximum atomic E-state index is 8.62. The molecule has 2 aromatic rings. The second-order valence-electron chi connectivity index (χ2n) is 2.83. The summed E-state index contributed by atoms with van der Waals surface area (Å²) in [5.74, 6) is 0.578. The number of hydrogen-bond donors (Lipinski definition) is 1. The average molecular weight is 184 g/mol. The number of aromatic nitrogens is 2. The molecule has 0 fully saturated rings. The third-order valence-electron chi connectivity index (χ3n) is 1.91. The Bertz CT molecular complexity index is 476. The van der Waals surface area contributed by atoms with Crippen molar-refractivity contribution in [3.05, 3.63) is 42.1 Å². The molecule has 0 aliphatic rings. The van der Waals surface area contributed by atoms with Crippen molar-refractivity contribution < 1.29 is 0 Å². The van der Waals surface area contributed by atoms with Crippen LogP contribution in [0.4, 0.5) is 5.82 Å². The van der Waals surface area contributed by atoms with Gasteiger partial charge in [0.25, 0.3) is 0 Å². The van der Waals surface area contributed by atoms with Crippen molar-refractivity contribution in [1.29, 1.82) is 5.26 Å². The van der Waals surface area contributed by atoms with Crippen LogP contribution in [0, 0.1) is 11.3 Å². The van der Waals surface area contributed by atoms with Gasteiger partial charge in [0, 0.05) is 6.07 Å². The Hall–Kier alpha value is -2.28. The van der Waals surface area contributed by atoms with E-state index in [0.717, 1.165) is 5.69 Å². The van der Waals surface area contributed by atoms with Gasteiger partial charge in [0.15, 0.2) is 0 Å². The number of nitrogens with two attached hydrogens (primary N) is 1. The third kappa shape index (κ3) is 1.31. The molecule has 1 aromatic carbocycles. The zero-order valence-electron chi connectivity index (χ0n) is 7.38. The average Bonchev–Trinajstić information content (AvgIpc) is 2.65. The van der Waals surface area contributed by atoms with Gasteiger partial charge in [0.2, 0.25) is 0 Å². The van der Waals surface area contributed by atoms with Crippen molar-refractivity contribution in [2.24, 2.45) is 0 Å². The second-order valence-corrected chi connectivity index (χ2v) is 2.83. The molecule has 1 aromatic heterocycles. The van der Waals surface area contributed by atoms with Gasteiger partial charge in [-0.15, -0.1) is 0 Å². The van der Waals surface area contributed by atoms with Crippen LogP contribution in [-0.2, 0) is 0 Å². The topological polar surface area (TPSA) is 67.6 Å². The smallest absolute Gasteiger partial charge is 0.127 e. The Morgan fingerprint density at radius 2 is 1.93 bits per heavy atom. The van der Waals surface area contributed by atoms with E-state index in [1.54, 1.807) is 29.1 Å². The molecule has 0 aliphatic heterocycles. The predicted octanol–water partition coefficient (Wildman–Crippen LogP) is 1.33. The maximum absolute atomic E-state index is 8.62. The number of nitrogens with zero attached hydrogens (tertiary/aromatic N) is 3. The van der Waals surface area contributed by atoms with E-state index < -0.39 is 0 Å². The zero-order valence-corrected chi connectivity index (χ0v) is 7.38. The number of benzene rings is 1. The summed E-state index contributed by atoms with van der Waals surface area (Å²) >= 11 is 0. The fourth-order valence-corrected chi connectivity index (χ4v) is 1.21. The first-order valence-corrected chi connectivity index (χ1v) is 4.11. The molecule has 14 heavy (non-hydrogen) atoms. The van der Waals surface area contributed by atoms with E-state index in [9.17, 15) is 0 Å². The van der Waals surface area contributed by atoms with Crippen LogP contribution in [-0.4, -0.2) is 9.78 Å². The van der Waals surface area contributed by atoms with E-state index in [-0.39, 0.29) is 0 Å². The normalized spacial score (nSPS) is 9.64. The number of hydrogen-bond acceptors (Lipinski definition) is 3. The lowest BCUT2D eigenvalue weighted by atomic mass is 10.2. The van der Waals surface area contributed by atoms with Crippen LogP contribution in [0.15, 0.2) is 36.5 Å². The first kappa shape index (κ1) is 8.32. The Balaban J connectivity index is 2.45. The highest BCUT2D eigenvalue weighted by Crippen LogP contribution is 2.12. The molecule has 0 spiro atoms. The summed E-state index contributed by atoms with van der Waals surface area (Å²) in [7, 11) is 0. The molecule has 4 nitrogen and oxygen atoms in total. The molecule has 0 unspecified atom stereocenters. The molecule has 0 bridgehead atoms. The maximum Gasteiger partial charge on any atom is 0.127 e. The summed E-state index contributed by atoms with van der Waals surface area (Å²) < 4.78 is 1.61. The van der Waals surface area contributed by atoms with Gasteiger partial charge in [-0.2, -0.15) is 10.4 Å². The van der Waals surface area contributed by atoms with Crippen LogP contribution >= 0.6 is 0 Å². The van der Waals surface area contributed by atoms with Crippen LogP contribution in [0.2, 0.25) is 0 Å². The quantitative estimate of drug-likeness (QED) is 0.726. The minimum absolute atomic E-state index is 0.578. The molecule has 0 atom stereocenters. The molecule has 0 saturated carbocycles. The van der Waals surface area contributed by atoms with E-state index in [1.807, 2.05) is 12.1 Å². The number of nitriles is 1. The highest BCUT2D eigenvalue weighted by molar-refractivity contribution is 5.44. The highest BCUT2D eigenvalue weighted by atomic mass is 15.3. The van der Waals surface area contributed by atoms with Crippen molar-refractivity contribution in [1.82, 2.24) is 9.78 Å². The van der Waals surface area contributed by atoms with Crippen LogP contribution in [0.1, 0.15) is 5.56 Å². The molecule has 1 heterocycles. The molecular weight excluding hydrogens is 176 g/mol. The van der Waals surface area contributed by atoms with Crippen molar-refractivity contribution in [2.45, 2.75) is 0 Å². The zero-order chi connectivity index (χ0) is 9.97.